The second-order valence-corrected chi connectivity index (χ2v) is 6.50. The topological polar surface area (TPSA) is 95.0 Å². The molecule has 1 saturated heterocycles. The van der Waals surface area contributed by atoms with E-state index in [2.05, 4.69) is 0 Å². The van der Waals surface area contributed by atoms with E-state index in [0.29, 0.717) is 0 Å². The third-order valence-electron chi connectivity index (χ3n) is 3.05. The van der Waals surface area contributed by atoms with Gasteiger partial charge in [0, 0.05) is 25.7 Å². The Hall–Kier alpha value is -1.15. The largest absolute Gasteiger partial charge is 0.481 e. The fourth-order valence-electron chi connectivity index (χ4n) is 2.01. The number of carbonyl (C=O) groups is 2. The van der Waals surface area contributed by atoms with Crippen LogP contribution in [0.1, 0.15) is 13.8 Å². The maximum atomic E-state index is 11.8. The number of hydrogen-bond donors (Lipinski definition) is 1. The number of nitrogens with zero attached hydrogens (tertiary/aromatic N) is 2. The fraction of sp³-hybridized carbons (Fsp3) is 0.800. The molecule has 1 aliphatic rings. The van der Waals surface area contributed by atoms with Crippen LogP contribution in [-0.2, 0) is 19.6 Å². The van der Waals surface area contributed by atoms with Gasteiger partial charge in [0.2, 0.25) is 15.9 Å². The molecule has 0 aliphatic carbocycles. The van der Waals surface area contributed by atoms with E-state index < -0.39 is 27.8 Å². The Morgan fingerprint density at radius 2 is 1.89 bits per heavy atom. The zero-order valence-corrected chi connectivity index (χ0v) is 11.5. The summed E-state index contributed by atoms with van der Waals surface area (Å²) in [5.74, 6) is -2.73. The summed E-state index contributed by atoms with van der Waals surface area (Å²) >= 11 is 0. The van der Waals surface area contributed by atoms with Gasteiger partial charge in [-0.1, -0.05) is 0 Å². The molecule has 8 heteroatoms. The number of rotatable bonds is 3. The molecule has 1 rings (SSSR count). The number of piperazine rings is 1. The molecular formula is C10H18N2O5S. The van der Waals surface area contributed by atoms with Crippen LogP contribution < -0.4 is 0 Å². The number of amides is 1. The normalized spacial score (nSPS) is 23.7. The first-order valence-electron chi connectivity index (χ1n) is 5.63. The van der Waals surface area contributed by atoms with Crippen molar-refractivity contribution in [3.05, 3.63) is 0 Å². The molecule has 0 bridgehead atoms. The average Bonchev–Trinajstić information content (AvgIpc) is 2.24. The van der Waals surface area contributed by atoms with E-state index in [1.54, 1.807) is 6.92 Å². The van der Waals surface area contributed by atoms with Crippen molar-refractivity contribution in [3.63, 3.8) is 0 Å². The first-order valence-corrected chi connectivity index (χ1v) is 7.48. The van der Waals surface area contributed by atoms with Gasteiger partial charge in [-0.25, -0.2) is 8.42 Å². The maximum absolute atomic E-state index is 11.8. The number of sulfonamides is 1. The Labute approximate surface area is 106 Å². The minimum absolute atomic E-state index is 0.206. The lowest BCUT2D eigenvalue weighted by molar-refractivity contribution is -0.151. The Kier molecular flexibility index (Phi) is 4.33. The molecule has 7 nitrogen and oxygen atoms in total. The van der Waals surface area contributed by atoms with E-state index in [-0.39, 0.29) is 25.7 Å². The van der Waals surface area contributed by atoms with Crippen LogP contribution in [0.5, 0.6) is 0 Å². The maximum Gasteiger partial charge on any atom is 0.315 e. The molecule has 0 aromatic heterocycles. The second-order valence-electron chi connectivity index (χ2n) is 4.57. The van der Waals surface area contributed by atoms with Gasteiger partial charge < -0.3 is 10.0 Å². The molecule has 1 fully saturated rings. The van der Waals surface area contributed by atoms with Crippen molar-refractivity contribution in [2.24, 2.45) is 5.92 Å². The predicted octanol–water partition coefficient (Wildman–Crippen LogP) is -0.801. The van der Waals surface area contributed by atoms with E-state index in [1.807, 2.05) is 0 Å². The lowest BCUT2D eigenvalue weighted by Crippen LogP contribution is -2.56. The lowest BCUT2D eigenvalue weighted by Gasteiger charge is -2.38. The Bertz CT molecular complexity index is 447. The van der Waals surface area contributed by atoms with Crippen LogP contribution in [0.4, 0.5) is 0 Å². The van der Waals surface area contributed by atoms with Crippen LogP contribution in [0.3, 0.4) is 0 Å². The van der Waals surface area contributed by atoms with E-state index in [0.717, 1.165) is 6.26 Å². The van der Waals surface area contributed by atoms with Crippen LogP contribution in [0.25, 0.3) is 0 Å². The van der Waals surface area contributed by atoms with E-state index in [9.17, 15) is 18.0 Å². The van der Waals surface area contributed by atoms with Crippen LogP contribution in [-0.4, -0.2) is 66.5 Å². The predicted molar refractivity (Wildman–Crippen MR) is 64.4 cm³/mol. The fourth-order valence-corrected chi connectivity index (χ4v) is 3.15. The van der Waals surface area contributed by atoms with Crippen LogP contribution >= 0.6 is 0 Å². The summed E-state index contributed by atoms with van der Waals surface area (Å²) in [6.07, 6.45) is 1.13. The van der Waals surface area contributed by atoms with Gasteiger partial charge >= 0.3 is 5.97 Å². The van der Waals surface area contributed by atoms with Crippen molar-refractivity contribution in [1.29, 1.82) is 0 Å². The molecule has 0 saturated carbocycles. The molecule has 18 heavy (non-hydrogen) atoms. The summed E-state index contributed by atoms with van der Waals surface area (Å²) < 4.78 is 24.2. The molecule has 0 aromatic rings. The summed E-state index contributed by atoms with van der Waals surface area (Å²) in [6.45, 7) is 3.69. The van der Waals surface area contributed by atoms with Crippen LogP contribution in [0.15, 0.2) is 0 Å². The van der Waals surface area contributed by atoms with Gasteiger partial charge in [0.1, 0.15) is 5.92 Å². The standard InChI is InChI=1S/C10H18N2O5S/c1-7-6-11(9(13)8(2)10(14)15)4-5-12(7)18(3,16)17/h7-8H,4-6H2,1-3H3,(H,14,15)/t7-,8?/m0/s1. The molecular weight excluding hydrogens is 260 g/mol. The van der Waals surface area contributed by atoms with E-state index in [4.69, 9.17) is 5.11 Å². The Morgan fingerprint density at radius 1 is 1.33 bits per heavy atom. The van der Waals surface area contributed by atoms with Crippen molar-refractivity contribution in [2.75, 3.05) is 25.9 Å². The van der Waals surface area contributed by atoms with E-state index >= 15 is 0 Å². The summed E-state index contributed by atoms with van der Waals surface area (Å²) in [6, 6.07) is -0.335. The summed E-state index contributed by atoms with van der Waals surface area (Å²) in [5, 5.41) is 8.78. The van der Waals surface area contributed by atoms with Gasteiger partial charge in [0.05, 0.1) is 6.26 Å². The SMILES string of the molecule is CC(C(=O)O)C(=O)N1CCN(S(C)(=O)=O)[C@@H](C)C1. The molecule has 0 spiro atoms. The van der Waals surface area contributed by atoms with Gasteiger partial charge in [0.15, 0.2) is 0 Å². The highest BCUT2D eigenvalue weighted by Crippen LogP contribution is 2.15. The van der Waals surface area contributed by atoms with Crippen LogP contribution in [0.2, 0.25) is 0 Å². The second kappa shape index (κ2) is 5.23. The third kappa shape index (κ3) is 3.20. The summed E-state index contributed by atoms with van der Waals surface area (Å²) in [7, 11) is -3.28. The summed E-state index contributed by atoms with van der Waals surface area (Å²) in [4.78, 5) is 24.0. The molecule has 0 aromatic carbocycles. The number of aliphatic carboxylic acids is 1. The van der Waals surface area contributed by atoms with Crippen molar-refractivity contribution < 1.29 is 23.1 Å². The molecule has 0 radical (unpaired) electrons. The van der Waals surface area contributed by atoms with E-state index in [1.165, 1.54) is 16.1 Å². The van der Waals surface area contributed by atoms with Gasteiger partial charge in [0.25, 0.3) is 0 Å². The Balaban J connectivity index is 2.72. The molecule has 1 amide bonds. The summed E-state index contributed by atoms with van der Waals surface area (Å²) in [5.41, 5.74) is 0. The molecule has 1 unspecified atom stereocenters. The Morgan fingerprint density at radius 3 is 2.28 bits per heavy atom. The lowest BCUT2D eigenvalue weighted by atomic mass is 10.1. The number of carbonyl (C=O) groups excluding carboxylic acids is 1. The molecule has 1 N–H and O–H groups in total. The first kappa shape index (κ1) is 14.9. The molecule has 1 heterocycles. The van der Waals surface area contributed by atoms with Gasteiger partial charge in [-0.05, 0) is 13.8 Å². The number of carboxylic acids is 1. The number of hydrogen-bond acceptors (Lipinski definition) is 4. The highest BCUT2D eigenvalue weighted by molar-refractivity contribution is 7.88. The molecule has 2 atom stereocenters. The molecule has 104 valence electrons. The molecule has 1 aliphatic heterocycles. The highest BCUT2D eigenvalue weighted by atomic mass is 32.2. The van der Waals surface area contributed by atoms with Crippen molar-refractivity contribution in [3.8, 4) is 0 Å². The average molecular weight is 278 g/mol. The van der Waals surface area contributed by atoms with Crippen molar-refractivity contribution >= 4 is 21.9 Å². The minimum atomic E-state index is -3.28. The minimum Gasteiger partial charge on any atom is -0.481 e. The third-order valence-corrected chi connectivity index (χ3v) is 4.44. The zero-order valence-electron chi connectivity index (χ0n) is 10.7. The number of carboxylic acid groups (broad SMARTS) is 1. The van der Waals surface area contributed by atoms with Crippen LogP contribution in [0, 0.1) is 5.92 Å². The smallest absolute Gasteiger partial charge is 0.315 e. The quantitative estimate of drug-likeness (QED) is 0.682. The van der Waals surface area contributed by atoms with Gasteiger partial charge in [-0.2, -0.15) is 4.31 Å². The highest BCUT2D eigenvalue weighted by Gasteiger charge is 2.34. The zero-order chi connectivity index (χ0) is 14.1. The van der Waals surface area contributed by atoms with Crippen molar-refractivity contribution in [2.45, 2.75) is 19.9 Å². The van der Waals surface area contributed by atoms with Gasteiger partial charge in [-0.15, -0.1) is 0 Å². The first-order chi connectivity index (χ1) is 8.14. The van der Waals surface area contributed by atoms with Gasteiger partial charge in [-0.3, -0.25) is 9.59 Å². The van der Waals surface area contributed by atoms with Crippen molar-refractivity contribution in [1.82, 2.24) is 9.21 Å². The monoisotopic (exact) mass is 278 g/mol.